The van der Waals surface area contributed by atoms with Gasteiger partial charge in [0.2, 0.25) is 0 Å². The fourth-order valence-corrected chi connectivity index (χ4v) is 2.78. The molecule has 0 N–H and O–H groups in total. The number of hydrogen-bond donors (Lipinski definition) is 0. The molecule has 3 rings (SSSR count). The normalized spacial score (nSPS) is 10.7. The zero-order valence-corrected chi connectivity index (χ0v) is 13.5. The Kier molecular flexibility index (Phi) is 4.94. The molecule has 116 valence electrons. The maximum Gasteiger partial charge on any atom is 0.179 e. The number of carbonyl (C=O) groups excluding carboxylic acids is 1. The molecule has 0 bridgehead atoms. The van der Waals surface area contributed by atoms with E-state index >= 15 is 0 Å². The number of benzene rings is 2. The zero-order valence-electron chi connectivity index (χ0n) is 12.8. The zero-order chi connectivity index (χ0) is 16.1. The van der Waals surface area contributed by atoms with Crippen LogP contribution in [0.15, 0.2) is 72.9 Å². The van der Waals surface area contributed by atoms with Crippen LogP contribution < -0.4 is 0 Å². The number of para-hydroxylation sites is 1. The average molecular weight is 324 g/mol. The number of hydrogen-bond acceptors (Lipinski definition) is 1. The summed E-state index contributed by atoms with van der Waals surface area (Å²) in [6, 6.07) is 21.5. The molecule has 0 saturated carbocycles. The highest BCUT2D eigenvalue weighted by Crippen LogP contribution is 2.16. The second kappa shape index (κ2) is 7.30. The average Bonchev–Trinajstić information content (AvgIpc) is 3.07. The summed E-state index contributed by atoms with van der Waals surface area (Å²) in [5.41, 5.74) is 2.96. The van der Waals surface area contributed by atoms with E-state index in [9.17, 15) is 4.79 Å². The number of Topliss-reactive ketones (excluding diaryl/α,β-unsaturated/α-hetero) is 1. The number of halogens is 1. The molecule has 0 aliphatic heterocycles. The van der Waals surface area contributed by atoms with Crippen LogP contribution in [0, 0.1) is 0 Å². The molecule has 23 heavy (non-hydrogen) atoms. The van der Waals surface area contributed by atoms with Crippen LogP contribution in [0.5, 0.6) is 0 Å². The van der Waals surface area contributed by atoms with Crippen molar-refractivity contribution < 1.29 is 4.79 Å². The number of nitrogens with zero attached hydrogens (tertiary/aromatic N) is 1. The van der Waals surface area contributed by atoms with Crippen LogP contribution in [0.3, 0.4) is 0 Å². The monoisotopic (exact) mass is 323 g/mol. The largest absolute Gasteiger partial charge is 0.314 e. The van der Waals surface area contributed by atoms with Crippen LogP contribution >= 0.6 is 11.6 Å². The lowest BCUT2D eigenvalue weighted by molar-refractivity contribution is 0.0973. The van der Waals surface area contributed by atoms with Crippen LogP contribution in [0.2, 0.25) is 5.02 Å². The molecule has 3 heteroatoms. The van der Waals surface area contributed by atoms with Gasteiger partial charge < -0.3 is 4.57 Å². The molecule has 1 aromatic heterocycles. The van der Waals surface area contributed by atoms with Gasteiger partial charge in [-0.1, -0.05) is 41.9 Å². The van der Waals surface area contributed by atoms with Gasteiger partial charge in [0.25, 0.3) is 0 Å². The topological polar surface area (TPSA) is 22.0 Å². The van der Waals surface area contributed by atoms with Gasteiger partial charge in [-0.25, -0.2) is 0 Å². The Bertz CT molecular complexity index is 775. The maximum atomic E-state index is 12.5. The number of aryl methyl sites for hydroxylation is 1. The van der Waals surface area contributed by atoms with Crippen molar-refractivity contribution >= 4 is 17.4 Å². The molecule has 0 radical (unpaired) electrons. The van der Waals surface area contributed by atoms with Crippen molar-refractivity contribution in [2.75, 3.05) is 0 Å². The fraction of sp³-hybridized carbons (Fsp3) is 0.150. The third kappa shape index (κ3) is 3.91. The van der Waals surface area contributed by atoms with E-state index in [1.54, 1.807) is 0 Å². The van der Waals surface area contributed by atoms with Gasteiger partial charge in [-0.3, -0.25) is 4.79 Å². The SMILES string of the molecule is O=C(CCCc1ccc(Cl)cc1)c1cccn1-c1ccccc1. The molecule has 0 unspecified atom stereocenters. The Morgan fingerprint density at radius 1 is 0.913 bits per heavy atom. The molecule has 0 saturated heterocycles. The van der Waals surface area contributed by atoms with Crippen molar-refractivity contribution in [2.45, 2.75) is 19.3 Å². The van der Waals surface area contributed by atoms with E-state index < -0.39 is 0 Å². The van der Waals surface area contributed by atoms with Gasteiger partial charge in [-0.2, -0.15) is 0 Å². The molecule has 1 heterocycles. The van der Waals surface area contributed by atoms with Crippen LogP contribution in [0.4, 0.5) is 0 Å². The van der Waals surface area contributed by atoms with Crippen molar-refractivity contribution in [1.29, 1.82) is 0 Å². The molecule has 3 aromatic rings. The lowest BCUT2D eigenvalue weighted by Crippen LogP contribution is -2.07. The number of rotatable bonds is 6. The van der Waals surface area contributed by atoms with E-state index in [1.807, 2.05) is 77.5 Å². The molecule has 0 fully saturated rings. The van der Waals surface area contributed by atoms with Gasteiger partial charge >= 0.3 is 0 Å². The smallest absolute Gasteiger partial charge is 0.179 e. The molecule has 0 aliphatic carbocycles. The standard InChI is InChI=1S/C20H18ClNO/c21-17-13-11-16(12-14-17)6-4-10-20(23)19-9-5-15-22(19)18-7-2-1-3-8-18/h1-3,5,7-9,11-15H,4,6,10H2. The molecule has 0 amide bonds. The Balaban J connectivity index is 1.63. The fourth-order valence-electron chi connectivity index (χ4n) is 2.65. The molecular weight excluding hydrogens is 306 g/mol. The lowest BCUT2D eigenvalue weighted by atomic mass is 10.1. The first-order valence-corrected chi connectivity index (χ1v) is 8.12. The van der Waals surface area contributed by atoms with E-state index in [1.165, 1.54) is 5.56 Å². The van der Waals surface area contributed by atoms with E-state index in [-0.39, 0.29) is 5.78 Å². The summed E-state index contributed by atoms with van der Waals surface area (Å²) in [5, 5.41) is 0.741. The van der Waals surface area contributed by atoms with Crippen LogP contribution in [0.25, 0.3) is 5.69 Å². The van der Waals surface area contributed by atoms with Crippen LogP contribution in [-0.4, -0.2) is 10.4 Å². The number of carbonyl (C=O) groups is 1. The van der Waals surface area contributed by atoms with Crippen molar-refractivity contribution in [1.82, 2.24) is 4.57 Å². The second-order valence-electron chi connectivity index (χ2n) is 5.50. The summed E-state index contributed by atoms with van der Waals surface area (Å²) >= 11 is 5.88. The van der Waals surface area contributed by atoms with Gasteiger partial charge in [0.15, 0.2) is 5.78 Å². The first kappa shape index (κ1) is 15.6. The molecule has 2 nitrogen and oxygen atoms in total. The van der Waals surface area contributed by atoms with E-state index in [2.05, 4.69) is 0 Å². The molecule has 0 spiro atoms. The van der Waals surface area contributed by atoms with Crippen LogP contribution in [-0.2, 0) is 6.42 Å². The summed E-state index contributed by atoms with van der Waals surface area (Å²) in [6.45, 7) is 0. The molecule has 0 atom stereocenters. The minimum Gasteiger partial charge on any atom is -0.314 e. The summed E-state index contributed by atoms with van der Waals surface area (Å²) in [4.78, 5) is 12.5. The van der Waals surface area contributed by atoms with Gasteiger partial charge in [0.1, 0.15) is 0 Å². The quantitative estimate of drug-likeness (QED) is 0.561. The molecule has 2 aromatic carbocycles. The van der Waals surface area contributed by atoms with Crippen molar-refractivity contribution in [3.05, 3.63) is 89.2 Å². The van der Waals surface area contributed by atoms with Crippen LogP contribution in [0.1, 0.15) is 28.9 Å². The van der Waals surface area contributed by atoms with E-state index in [0.29, 0.717) is 6.42 Å². The number of aromatic nitrogens is 1. The molecule has 0 aliphatic rings. The van der Waals surface area contributed by atoms with E-state index in [0.717, 1.165) is 29.2 Å². The first-order chi connectivity index (χ1) is 11.2. The van der Waals surface area contributed by atoms with Crippen molar-refractivity contribution in [3.8, 4) is 5.69 Å². The van der Waals surface area contributed by atoms with Gasteiger partial charge in [-0.05, 0) is 54.8 Å². The minimum absolute atomic E-state index is 0.174. The highest BCUT2D eigenvalue weighted by Gasteiger charge is 2.11. The summed E-state index contributed by atoms with van der Waals surface area (Å²) < 4.78 is 1.95. The first-order valence-electron chi connectivity index (χ1n) is 7.74. The number of ketones is 1. The van der Waals surface area contributed by atoms with E-state index in [4.69, 9.17) is 11.6 Å². The highest BCUT2D eigenvalue weighted by atomic mass is 35.5. The predicted molar refractivity (Wildman–Crippen MR) is 94.5 cm³/mol. The Hall–Kier alpha value is -2.32. The molecular formula is C20H18ClNO. The summed E-state index contributed by atoms with van der Waals surface area (Å²) in [7, 11) is 0. The van der Waals surface area contributed by atoms with Gasteiger partial charge in [0.05, 0.1) is 5.69 Å². The van der Waals surface area contributed by atoms with Crippen molar-refractivity contribution in [3.63, 3.8) is 0 Å². The second-order valence-corrected chi connectivity index (χ2v) is 5.94. The Labute approximate surface area is 141 Å². The summed E-state index contributed by atoms with van der Waals surface area (Å²) in [6.07, 6.45) is 4.19. The van der Waals surface area contributed by atoms with Crippen molar-refractivity contribution in [2.24, 2.45) is 0 Å². The minimum atomic E-state index is 0.174. The third-order valence-electron chi connectivity index (χ3n) is 3.85. The third-order valence-corrected chi connectivity index (χ3v) is 4.10. The van der Waals surface area contributed by atoms with Gasteiger partial charge in [0, 0.05) is 23.3 Å². The summed E-state index contributed by atoms with van der Waals surface area (Å²) in [5.74, 6) is 0.174. The Morgan fingerprint density at radius 2 is 1.65 bits per heavy atom. The van der Waals surface area contributed by atoms with Gasteiger partial charge in [-0.15, -0.1) is 0 Å². The lowest BCUT2D eigenvalue weighted by Gasteiger charge is -2.08. The Morgan fingerprint density at radius 3 is 2.39 bits per heavy atom. The maximum absolute atomic E-state index is 12.5. The predicted octanol–water partition coefficient (Wildman–Crippen LogP) is 5.34. The highest BCUT2D eigenvalue weighted by molar-refractivity contribution is 6.30.